The molecule has 0 aromatic carbocycles. The summed E-state index contributed by atoms with van der Waals surface area (Å²) in [7, 11) is -1.96. The standard InChI is InChI=1S/C9H12N4O2S2/c1-7-8(16-6-10-7)5-13(2)17(14,15)9-3-4-11-12-9/h3-4,6H,5H2,1-2H3,(H,11,12). The third kappa shape index (κ3) is 2.38. The summed E-state index contributed by atoms with van der Waals surface area (Å²) in [6.07, 6.45) is 1.42. The summed E-state index contributed by atoms with van der Waals surface area (Å²) in [5.41, 5.74) is 2.57. The molecule has 0 atom stereocenters. The van der Waals surface area contributed by atoms with Gasteiger partial charge in [-0.3, -0.25) is 5.10 Å². The lowest BCUT2D eigenvalue weighted by molar-refractivity contribution is 0.465. The summed E-state index contributed by atoms with van der Waals surface area (Å²) in [5.74, 6) is 0. The minimum Gasteiger partial charge on any atom is -0.266 e. The minimum absolute atomic E-state index is 0.0992. The second kappa shape index (κ2) is 4.55. The van der Waals surface area contributed by atoms with Gasteiger partial charge in [-0.05, 0) is 13.0 Å². The van der Waals surface area contributed by atoms with Crippen molar-refractivity contribution >= 4 is 21.4 Å². The quantitative estimate of drug-likeness (QED) is 0.900. The Morgan fingerprint density at radius 3 is 2.82 bits per heavy atom. The van der Waals surface area contributed by atoms with Crippen molar-refractivity contribution < 1.29 is 8.42 Å². The molecule has 2 aromatic heterocycles. The van der Waals surface area contributed by atoms with Crippen LogP contribution in [0.15, 0.2) is 22.8 Å². The number of H-pyrrole nitrogens is 1. The van der Waals surface area contributed by atoms with Gasteiger partial charge >= 0.3 is 0 Å². The van der Waals surface area contributed by atoms with Crippen LogP contribution in [0.3, 0.4) is 0 Å². The summed E-state index contributed by atoms with van der Waals surface area (Å²) in [5, 5.41) is 6.20. The number of thiazole rings is 1. The van der Waals surface area contributed by atoms with Crippen LogP contribution in [0.5, 0.6) is 0 Å². The number of sulfonamides is 1. The molecule has 2 heterocycles. The zero-order valence-electron chi connectivity index (χ0n) is 9.41. The molecule has 0 bridgehead atoms. The van der Waals surface area contributed by atoms with E-state index in [1.54, 1.807) is 5.51 Å². The Morgan fingerprint density at radius 1 is 1.53 bits per heavy atom. The molecule has 0 aliphatic rings. The third-order valence-corrected chi connectivity index (χ3v) is 5.03. The highest BCUT2D eigenvalue weighted by molar-refractivity contribution is 7.89. The number of nitrogens with zero attached hydrogens (tertiary/aromatic N) is 3. The van der Waals surface area contributed by atoms with Crippen molar-refractivity contribution in [1.29, 1.82) is 0 Å². The number of aryl methyl sites for hydroxylation is 1. The van der Waals surface area contributed by atoms with Crippen LogP contribution < -0.4 is 0 Å². The molecular weight excluding hydrogens is 260 g/mol. The summed E-state index contributed by atoms with van der Waals surface area (Å²) >= 11 is 1.45. The zero-order valence-corrected chi connectivity index (χ0v) is 11.0. The molecule has 0 radical (unpaired) electrons. The highest BCUT2D eigenvalue weighted by Gasteiger charge is 2.23. The number of nitrogens with one attached hydrogen (secondary N) is 1. The predicted molar refractivity (Wildman–Crippen MR) is 64.1 cm³/mol. The highest BCUT2D eigenvalue weighted by atomic mass is 32.2. The van der Waals surface area contributed by atoms with Crippen molar-refractivity contribution in [3.05, 3.63) is 28.3 Å². The molecule has 1 N–H and O–H groups in total. The van der Waals surface area contributed by atoms with Gasteiger partial charge in [-0.2, -0.15) is 9.40 Å². The first-order chi connectivity index (χ1) is 8.01. The molecule has 0 saturated carbocycles. The van der Waals surface area contributed by atoms with Gasteiger partial charge in [0.1, 0.15) is 0 Å². The first-order valence-electron chi connectivity index (χ1n) is 4.86. The second-order valence-corrected chi connectivity index (χ2v) is 6.50. The molecule has 17 heavy (non-hydrogen) atoms. The Morgan fingerprint density at radius 2 is 2.29 bits per heavy atom. The van der Waals surface area contributed by atoms with Crippen molar-refractivity contribution in [2.75, 3.05) is 7.05 Å². The van der Waals surface area contributed by atoms with Gasteiger partial charge in [0, 0.05) is 18.5 Å². The van der Waals surface area contributed by atoms with E-state index in [1.807, 2.05) is 6.92 Å². The summed E-state index contributed by atoms with van der Waals surface area (Å²) in [6, 6.07) is 1.44. The highest BCUT2D eigenvalue weighted by Crippen LogP contribution is 2.18. The Kier molecular flexibility index (Phi) is 3.27. The Bertz CT molecular complexity index is 588. The van der Waals surface area contributed by atoms with Crippen molar-refractivity contribution in [3.8, 4) is 0 Å². The average Bonchev–Trinajstić information content (AvgIpc) is 2.90. The van der Waals surface area contributed by atoms with Gasteiger partial charge in [0.05, 0.1) is 17.4 Å². The third-order valence-electron chi connectivity index (χ3n) is 2.37. The minimum atomic E-state index is -3.49. The molecule has 0 saturated heterocycles. The fraction of sp³-hybridized carbons (Fsp3) is 0.333. The molecule has 0 aliphatic carbocycles. The zero-order chi connectivity index (χ0) is 12.5. The van der Waals surface area contributed by atoms with E-state index in [0.29, 0.717) is 6.54 Å². The molecule has 0 amide bonds. The number of aromatic nitrogens is 3. The molecule has 8 heteroatoms. The summed E-state index contributed by atoms with van der Waals surface area (Å²) in [6.45, 7) is 2.18. The van der Waals surface area contributed by atoms with Gasteiger partial charge in [0.25, 0.3) is 10.0 Å². The Hall–Kier alpha value is -1.25. The molecule has 6 nitrogen and oxygen atoms in total. The first kappa shape index (κ1) is 12.2. The van der Waals surface area contributed by atoms with Gasteiger partial charge < -0.3 is 0 Å². The van der Waals surface area contributed by atoms with Crippen molar-refractivity contribution in [3.63, 3.8) is 0 Å². The van der Waals surface area contributed by atoms with E-state index in [-0.39, 0.29) is 5.03 Å². The maximum Gasteiger partial charge on any atom is 0.260 e. The normalized spacial score (nSPS) is 12.2. The summed E-state index contributed by atoms with van der Waals surface area (Å²) in [4.78, 5) is 5.03. The lowest BCUT2D eigenvalue weighted by atomic mass is 10.4. The molecule has 0 spiro atoms. The Labute approximate surface area is 103 Å². The predicted octanol–water partition coefficient (Wildman–Crippen LogP) is 0.995. The molecule has 92 valence electrons. The van der Waals surface area contributed by atoms with Crippen LogP contribution >= 0.6 is 11.3 Å². The van der Waals surface area contributed by atoms with Crippen LogP contribution in [0.1, 0.15) is 10.6 Å². The monoisotopic (exact) mass is 272 g/mol. The van der Waals surface area contributed by atoms with E-state index in [4.69, 9.17) is 0 Å². The fourth-order valence-electron chi connectivity index (χ4n) is 1.32. The van der Waals surface area contributed by atoms with Gasteiger partial charge in [-0.1, -0.05) is 0 Å². The van der Waals surface area contributed by atoms with Gasteiger partial charge in [-0.15, -0.1) is 11.3 Å². The van der Waals surface area contributed by atoms with E-state index < -0.39 is 10.0 Å². The first-order valence-corrected chi connectivity index (χ1v) is 7.18. The van der Waals surface area contributed by atoms with Crippen LogP contribution in [-0.2, 0) is 16.6 Å². The second-order valence-electron chi connectivity index (χ2n) is 3.54. The molecular formula is C9H12N4O2S2. The number of aromatic amines is 1. The Balaban J connectivity index is 2.22. The van der Waals surface area contributed by atoms with E-state index in [1.165, 1.54) is 35.0 Å². The van der Waals surface area contributed by atoms with Crippen LogP contribution in [0, 0.1) is 6.92 Å². The van der Waals surface area contributed by atoms with E-state index in [9.17, 15) is 8.42 Å². The lowest BCUT2D eigenvalue weighted by Crippen LogP contribution is -2.26. The fourth-order valence-corrected chi connectivity index (χ4v) is 3.27. The number of hydrogen-bond donors (Lipinski definition) is 1. The van der Waals surface area contributed by atoms with Gasteiger partial charge in [-0.25, -0.2) is 13.4 Å². The maximum atomic E-state index is 12.1. The maximum absolute atomic E-state index is 12.1. The molecule has 0 unspecified atom stereocenters. The van der Waals surface area contributed by atoms with E-state index in [2.05, 4.69) is 15.2 Å². The van der Waals surface area contributed by atoms with Crippen molar-refractivity contribution in [2.45, 2.75) is 18.5 Å². The topological polar surface area (TPSA) is 79.0 Å². The largest absolute Gasteiger partial charge is 0.266 e. The molecule has 2 aromatic rings. The SMILES string of the molecule is Cc1ncsc1CN(C)S(=O)(=O)c1ccn[nH]1. The lowest BCUT2D eigenvalue weighted by Gasteiger charge is -2.14. The van der Waals surface area contributed by atoms with Crippen LogP contribution in [0.4, 0.5) is 0 Å². The molecule has 0 aliphatic heterocycles. The van der Waals surface area contributed by atoms with Crippen LogP contribution in [-0.4, -0.2) is 35.0 Å². The number of hydrogen-bond acceptors (Lipinski definition) is 5. The molecule has 0 fully saturated rings. The van der Waals surface area contributed by atoms with Gasteiger partial charge in [0.15, 0.2) is 5.03 Å². The van der Waals surface area contributed by atoms with E-state index >= 15 is 0 Å². The van der Waals surface area contributed by atoms with Crippen LogP contribution in [0.25, 0.3) is 0 Å². The van der Waals surface area contributed by atoms with Crippen molar-refractivity contribution in [2.24, 2.45) is 0 Å². The average molecular weight is 272 g/mol. The van der Waals surface area contributed by atoms with Crippen molar-refractivity contribution in [1.82, 2.24) is 19.5 Å². The van der Waals surface area contributed by atoms with Gasteiger partial charge in [0.2, 0.25) is 0 Å². The van der Waals surface area contributed by atoms with Crippen LogP contribution in [0.2, 0.25) is 0 Å². The molecule has 2 rings (SSSR count). The van der Waals surface area contributed by atoms with E-state index in [0.717, 1.165) is 10.6 Å². The smallest absolute Gasteiger partial charge is 0.260 e. The summed E-state index contributed by atoms with van der Waals surface area (Å²) < 4.78 is 25.4. The number of rotatable bonds is 4.